The molecule has 0 fully saturated rings. The summed E-state index contributed by atoms with van der Waals surface area (Å²) in [5.74, 6) is -1.24. The highest BCUT2D eigenvalue weighted by molar-refractivity contribution is 7.14. The standard InChI is InChI=1S/C19H16F2N2O3S/c1-2-25-16-5-3-4-6-17(16)26-10-18(24)23-19-22-15(11-27-19)12-7-8-13(20)14(21)9-12/h3-9,11H,2,10H2,1H3,(H,22,23,24). The molecule has 1 heterocycles. The Morgan fingerprint density at radius 1 is 1.11 bits per heavy atom. The molecule has 0 radical (unpaired) electrons. The predicted octanol–water partition coefficient (Wildman–Crippen LogP) is 4.50. The number of hydrogen-bond acceptors (Lipinski definition) is 5. The van der Waals surface area contributed by atoms with Crippen molar-refractivity contribution in [1.29, 1.82) is 0 Å². The molecule has 140 valence electrons. The minimum Gasteiger partial charge on any atom is -0.490 e. The second kappa shape index (κ2) is 8.59. The van der Waals surface area contributed by atoms with Gasteiger partial charge in [-0.25, -0.2) is 13.8 Å². The zero-order valence-electron chi connectivity index (χ0n) is 14.4. The van der Waals surface area contributed by atoms with Crippen LogP contribution in [-0.2, 0) is 4.79 Å². The van der Waals surface area contributed by atoms with Crippen LogP contribution in [0.2, 0.25) is 0 Å². The lowest BCUT2D eigenvalue weighted by molar-refractivity contribution is -0.118. The van der Waals surface area contributed by atoms with Crippen molar-refractivity contribution in [3.63, 3.8) is 0 Å². The number of halogens is 2. The topological polar surface area (TPSA) is 60.5 Å². The van der Waals surface area contributed by atoms with Gasteiger partial charge in [-0.05, 0) is 37.3 Å². The minimum atomic E-state index is -0.951. The number of benzene rings is 2. The van der Waals surface area contributed by atoms with E-state index in [1.54, 1.807) is 23.6 Å². The predicted molar refractivity (Wildman–Crippen MR) is 99.2 cm³/mol. The lowest BCUT2D eigenvalue weighted by Crippen LogP contribution is -2.20. The van der Waals surface area contributed by atoms with Gasteiger partial charge in [-0.1, -0.05) is 12.1 Å². The van der Waals surface area contributed by atoms with E-state index in [-0.39, 0.29) is 6.61 Å². The first kappa shape index (κ1) is 18.8. The summed E-state index contributed by atoms with van der Waals surface area (Å²) in [5, 5.41) is 4.60. The fraction of sp³-hybridized carbons (Fsp3) is 0.158. The summed E-state index contributed by atoms with van der Waals surface area (Å²) >= 11 is 1.18. The Labute approximate surface area is 158 Å². The summed E-state index contributed by atoms with van der Waals surface area (Å²) in [6.07, 6.45) is 0. The zero-order chi connectivity index (χ0) is 19.2. The van der Waals surface area contributed by atoms with Gasteiger partial charge in [0.15, 0.2) is 34.9 Å². The molecule has 1 N–H and O–H groups in total. The minimum absolute atomic E-state index is 0.218. The molecule has 0 aliphatic carbocycles. The lowest BCUT2D eigenvalue weighted by atomic mass is 10.2. The van der Waals surface area contributed by atoms with Crippen molar-refractivity contribution in [1.82, 2.24) is 4.98 Å². The molecule has 0 aliphatic rings. The smallest absolute Gasteiger partial charge is 0.264 e. The van der Waals surface area contributed by atoms with Gasteiger partial charge >= 0.3 is 0 Å². The summed E-state index contributed by atoms with van der Waals surface area (Å²) in [5.41, 5.74) is 0.865. The first-order chi connectivity index (χ1) is 13.1. The molecule has 5 nitrogen and oxygen atoms in total. The number of para-hydroxylation sites is 2. The Hall–Kier alpha value is -3.00. The number of anilines is 1. The van der Waals surface area contributed by atoms with E-state index in [0.717, 1.165) is 12.1 Å². The van der Waals surface area contributed by atoms with Gasteiger partial charge in [-0.3, -0.25) is 10.1 Å². The molecule has 1 aromatic heterocycles. The number of aromatic nitrogens is 1. The van der Waals surface area contributed by atoms with Gasteiger partial charge in [0.05, 0.1) is 12.3 Å². The third-order valence-corrected chi connectivity index (χ3v) is 4.23. The summed E-state index contributed by atoms with van der Waals surface area (Å²) in [6, 6.07) is 10.6. The first-order valence-corrected chi connectivity index (χ1v) is 9.00. The molecule has 0 saturated carbocycles. The van der Waals surface area contributed by atoms with E-state index in [0.29, 0.717) is 34.5 Å². The van der Waals surface area contributed by atoms with Crippen molar-refractivity contribution in [2.24, 2.45) is 0 Å². The van der Waals surface area contributed by atoms with Gasteiger partial charge in [0.2, 0.25) is 0 Å². The molecule has 2 aromatic carbocycles. The first-order valence-electron chi connectivity index (χ1n) is 8.12. The fourth-order valence-corrected chi connectivity index (χ4v) is 3.00. The van der Waals surface area contributed by atoms with Gasteiger partial charge in [0.25, 0.3) is 5.91 Å². The van der Waals surface area contributed by atoms with E-state index in [2.05, 4.69) is 10.3 Å². The molecule has 3 rings (SSSR count). The maximum atomic E-state index is 13.3. The summed E-state index contributed by atoms with van der Waals surface area (Å²) < 4.78 is 37.3. The number of thiazole rings is 1. The number of carbonyl (C=O) groups excluding carboxylic acids is 1. The molecule has 0 unspecified atom stereocenters. The molecular weight excluding hydrogens is 374 g/mol. The summed E-state index contributed by atoms with van der Waals surface area (Å²) in [4.78, 5) is 16.3. The van der Waals surface area contributed by atoms with Gasteiger partial charge in [-0.2, -0.15) is 0 Å². The van der Waals surface area contributed by atoms with E-state index in [1.807, 2.05) is 13.0 Å². The number of rotatable bonds is 7. The van der Waals surface area contributed by atoms with E-state index < -0.39 is 17.5 Å². The molecule has 0 spiro atoms. The molecule has 0 saturated heterocycles. The number of hydrogen-bond donors (Lipinski definition) is 1. The van der Waals surface area contributed by atoms with Gasteiger partial charge in [0.1, 0.15) is 0 Å². The van der Waals surface area contributed by atoms with E-state index in [1.165, 1.54) is 17.4 Å². The Balaban J connectivity index is 1.60. The summed E-state index contributed by atoms with van der Waals surface area (Å²) in [6.45, 7) is 2.12. The van der Waals surface area contributed by atoms with E-state index >= 15 is 0 Å². The van der Waals surface area contributed by atoms with Crippen LogP contribution in [0.5, 0.6) is 11.5 Å². The van der Waals surface area contributed by atoms with Crippen LogP contribution in [0.1, 0.15) is 6.92 Å². The second-order valence-corrected chi connectivity index (χ2v) is 6.24. The van der Waals surface area contributed by atoms with Crippen LogP contribution in [0.4, 0.5) is 13.9 Å². The molecule has 8 heteroatoms. The monoisotopic (exact) mass is 390 g/mol. The number of ether oxygens (including phenoxy) is 2. The lowest BCUT2D eigenvalue weighted by Gasteiger charge is -2.10. The maximum absolute atomic E-state index is 13.3. The van der Waals surface area contributed by atoms with Crippen molar-refractivity contribution in [3.05, 3.63) is 59.5 Å². The zero-order valence-corrected chi connectivity index (χ0v) is 15.2. The molecular formula is C19H16F2N2O3S. The number of nitrogens with zero attached hydrogens (tertiary/aromatic N) is 1. The van der Waals surface area contributed by atoms with Gasteiger partial charge in [0, 0.05) is 10.9 Å². The third-order valence-electron chi connectivity index (χ3n) is 3.47. The number of carbonyl (C=O) groups is 1. The SMILES string of the molecule is CCOc1ccccc1OCC(=O)Nc1nc(-c2ccc(F)c(F)c2)cs1. The fourth-order valence-electron chi connectivity index (χ4n) is 2.26. The van der Waals surface area contributed by atoms with Crippen molar-refractivity contribution in [2.45, 2.75) is 6.92 Å². The highest BCUT2D eigenvalue weighted by Gasteiger charge is 2.12. The van der Waals surface area contributed by atoms with Crippen LogP contribution in [0, 0.1) is 11.6 Å². The van der Waals surface area contributed by atoms with Crippen LogP contribution in [-0.4, -0.2) is 24.1 Å². The van der Waals surface area contributed by atoms with Crippen molar-refractivity contribution in [3.8, 4) is 22.8 Å². The summed E-state index contributed by atoms with van der Waals surface area (Å²) in [7, 11) is 0. The number of nitrogens with one attached hydrogen (secondary N) is 1. The van der Waals surface area contributed by atoms with Crippen LogP contribution >= 0.6 is 11.3 Å². The Morgan fingerprint density at radius 3 is 2.56 bits per heavy atom. The maximum Gasteiger partial charge on any atom is 0.264 e. The number of amides is 1. The second-order valence-electron chi connectivity index (χ2n) is 5.38. The van der Waals surface area contributed by atoms with E-state index in [4.69, 9.17) is 9.47 Å². The van der Waals surface area contributed by atoms with Crippen molar-refractivity contribution >= 4 is 22.4 Å². The highest BCUT2D eigenvalue weighted by Crippen LogP contribution is 2.27. The van der Waals surface area contributed by atoms with Crippen molar-refractivity contribution < 1.29 is 23.0 Å². The van der Waals surface area contributed by atoms with Crippen LogP contribution < -0.4 is 14.8 Å². The van der Waals surface area contributed by atoms with Crippen LogP contribution in [0.3, 0.4) is 0 Å². The average Bonchev–Trinajstić information content (AvgIpc) is 3.12. The van der Waals surface area contributed by atoms with Crippen molar-refractivity contribution in [2.75, 3.05) is 18.5 Å². The van der Waals surface area contributed by atoms with Gasteiger partial charge in [-0.15, -0.1) is 11.3 Å². The third kappa shape index (κ3) is 4.79. The highest BCUT2D eigenvalue weighted by atomic mass is 32.1. The molecule has 0 atom stereocenters. The largest absolute Gasteiger partial charge is 0.490 e. The molecule has 0 bridgehead atoms. The Kier molecular flexibility index (Phi) is 5.97. The quantitative estimate of drug-likeness (QED) is 0.645. The normalized spacial score (nSPS) is 10.5. The molecule has 0 aliphatic heterocycles. The molecule has 1 amide bonds. The molecule has 3 aromatic rings. The van der Waals surface area contributed by atoms with E-state index in [9.17, 15) is 13.6 Å². The Morgan fingerprint density at radius 2 is 1.85 bits per heavy atom. The molecule has 27 heavy (non-hydrogen) atoms. The Bertz CT molecular complexity index is 946. The van der Waals surface area contributed by atoms with Crippen LogP contribution in [0.15, 0.2) is 47.8 Å². The van der Waals surface area contributed by atoms with Gasteiger partial charge < -0.3 is 9.47 Å². The average molecular weight is 390 g/mol. The van der Waals surface area contributed by atoms with Crippen LogP contribution in [0.25, 0.3) is 11.3 Å².